The summed E-state index contributed by atoms with van der Waals surface area (Å²) < 4.78 is 18.9. The van der Waals surface area contributed by atoms with Gasteiger partial charge in [-0.05, 0) is 53.1 Å². The maximum Gasteiger partial charge on any atom is 0.328 e. The van der Waals surface area contributed by atoms with Crippen molar-refractivity contribution < 1.29 is 18.7 Å². The van der Waals surface area contributed by atoms with E-state index in [1.165, 1.54) is 31.6 Å². The standard InChI is InChI=1S/C39H37FN12O4/c1-56-36(55)32(18-24-5-7-25(21-41)8-6-24)47-39-49-37(44-22-30-19-27-9-10-28(40)20-31(27)45-30)48-38(50-39)46-29-4-2-3-26(17-29)23-51-13-15-52(16-14-51)35(54)33-34(53)43-12-11-42-33/h2-12,17,20,32H,13-16,18-19,22-23H2,1H3,(H,43,53)(H3,44,46,47,48,49,50)/t32-/m0/s1. The van der Waals surface area contributed by atoms with Crippen molar-refractivity contribution in [2.45, 2.75) is 25.4 Å². The number of nitrogens with zero attached hydrogens (tertiary/aromatic N) is 8. The molecule has 0 unspecified atom stereocenters. The lowest BCUT2D eigenvalue weighted by Gasteiger charge is -2.34. The first-order valence-corrected chi connectivity index (χ1v) is 17.8. The van der Waals surface area contributed by atoms with Gasteiger partial charge in [0.25, 0.3) is 11.5 Å². The molecule has 2 aliphatic heterocycles. The number of nitrogens with one attached hydrogen (secondary N) is 4. The molecule has 4 heterocycles. The molecular weight excluding hydrogens is 720 g/mol. The van der Waals surface area contributed by atoms with Crippen molar-refractivity contribution in [3.05, 3.63) is 123 Å². The second-order valence-electron chi connectivity index (χ2n) is 13.2. The Morgan fingerprint density at radius 1 is 0.982 bits per heavy atom. The van der Waals surface area contributed by atoms with Crippen molar-refractivity contribution in [2.75, 3.05) is 55.8 Å². The Morgan fingerprint density at radius 2 is 1.77 bits per heavy atom. The number of ether oxygens (including phenoxy) is 1. The molecule has 56 heavy (non-hydrogen) atoms. The Kier molecular flexibility index (Phi) is 11.3. The third kappa shape index (κ3) is 9.17. The Labute approximate surface area is 320 Å². The van der Waals surface area contributed by atoms with E-state index in [9.17, 15) is 24.0 Å². The fraction of sp³-hybridized carbons (Fsp3) is 0.256. The predicted molar refractivity (Wildman–Crippen MR) is 206 cm³/mol. The molecule has 0 spiro atoms. The van der Waals surface area contributed by atoms with E-state index in [1.807, 2.05) is 24.3 Å². The molecule has 16 nitrogen and oxygen atoms in total. The zero-order valence-corrected chi connectivity index (χ0v) is 30.3. The normalized spacial score (nSPS) is 14.2. The molecule has 17 heteroatoms. The number of amides is 1. The third-order valence-corrected chi connectivity index (χ3v) is 9.28. The SMILES string of the molecule is COC(=O)[C@H](Cc1ccc(C#N)cc1)Nc1nc(NCC2=Nc3cc(F)ccc3C2)nc(Nc2cccc(CN3CCN(C(=O)c4ncc[nH]c4=O)CC3)c2)n1. The zero-order valence-electron chi connectivity index (χ0n) is 30.3. The van der Waals surface area contributed by atoms with Crippen LogP contribution >= 0.6 is 0 Å². The van der Waals surface area contributed by atoms with Gasteiger partial charge in [-0.25, -0.2) is 14.2 Å². The number of rotatable bonds is 13. The van der Waals surface area contributed by atoms with Crippen LogP contribution in [0.5, 0.6) is 0 Å². The van der Waals surface area contributed by atoms with Crippen molar-refractivity contribution >= 4 is 46.8 Å². The number of piperazine rings is 1. The van der Waals surface area contributed by atoms with Crippen LogP contribution in [0.25, 0.3) is 0 Å². The van der Waals surface area contributed by atoms with Gasteiger partial charge in [-0.2, -0.15) is 20.2 Å². The van der Waals surface area contributed by atoms with E-state index in [4.69, 9.17) is 4.74 Å². The van der Waals surface area contributed by atoms with Gasteiger partial charge >= 0.3 is 5.97 Å². The predicted octanol–water partition coefficient (Wildman–Crippen LogP) is 3.60. The van der Waals surface area contributed by atoms with Crippen molar-refractivity contribution in [1.29, 1.82) is 5.26 Å². The highest BCUT2D eigenvalue weighted by Gasteiger charge is 2.25. The molecule has 2 aromatic heterocycles. The molecular formula is C39H37FN12O4. The number of hydrogen-bond acceptors (Lipinski definition) is 14. The van der Waals surface area contributed by atoms with Crippen LogP contribution in [0.1, 0.15) is 32.7 Å². The van der Waals surface area contributed by atoms with Gasteiger partial charge in [0, 0.05) is 69.4 Å². The largest absolute Gasteiger partial charge is 0.467 e. The van der Waals surface area contributed by atoms with E-state index in [0.29, 0.717) is 56.1 Å². The summed E-state index contributed by atoms with van der Waals surface area (Å²) in [6.45, 7) is 3.02. The first-order valence-electron chi connectivity index (χ1n) is 17.8. The summed E-state index contributed by atoms with van der Waals surface area (Å²) in [5.74, 6) is -0.781. The number of H-pyrrole nitrogens is 1. The average Bonchev–Trinajstić information content (AvgIpc) is 3.62. The average molecular weight is 757 g/mol. The molecule has 4 N–H and O–H groups in total. The second-order valence-corrected chi connectivity index (χ2v) is 13.2. The van der Waals surface area contributed by atoms with Crippen molar-refractivity contribution in [3.63, 3.8) is 0 Å². The molecule has 1 fully saturated rings. The summed E-state index contributed by atoms with van der Waals surface area (Å²) >= 11 is 0. The number of nitriles is 1. The van der Waals surface area contributed by atoms with E-state index in [1.54, 1.807) is 35.2 Å². The number of aliphatic imine (C=N–C) groups is 1. The van der Waals surface area contributed by atoms with Crippen LogP contribution < -0.4 is 21.5 Å². The highest BCUT2D eigenvalue weighted by atomic mass is 19.1. The van der Waals surface area contributed by atoms with E-state index in [0.717, 1.165) is 22.4 Å². The first kappa shape index (κ1) is 37.3. The minimum atomic E-state index is -0.872. The smallest absolute Gasteiger partial charge is 0.328 e. The molecule has 1 amide bonds. The van der Waals surface area contributed by atoms with Gasteiger partial charge in [0.15, 0.2) is 5.69 Å². The molecule has 7 rings (SSSR count). The van der Waals surface area contributed by atoms with Crippen LogP contribution in [0.4, 0.5) is 33.6 Å². The first-order chi connectivity index (χ1) is 27.2. The van der Waals surface area contributed by atoms with Crippen LogP contribution in [-0.4, -0.2) is 98.2 Å². The summed E-state index contributed by atoms with van der Waals surface area (Å²) in [5.41, 5.74) is 4.65. The lowest BCUT2D eigenvalue weighted by molar-refractivity contribution is -0.141. The van der Waals surface area contributed by atoms with Gasteiger partial charge in [-0.15, -0.1) is 0 Å². The topological polar surface area (TPSA) is 207 Å². The third-order valence-electron chi connectivity index (χ3n) is 9.28. The number of esters is 1. The summed E-state index contributed by atoms with van der Waals surface area (Å²) in [6, 6.07) is 20.4. The quantitative estimate of drug-likeness (QED) is 0.127. The van der Waals surface area contributed by atoms with E-state index in [-0.39, 0.29) is 48.2 Å². The molecule has 0 saturated carbocycles. The molecule has 2 aliphatic rings. The lowest BCUT2D eigenvalue weighted by Crippen LogP contribution is -2.49. The van der Waals surface area contributed by atoms with Crippen LogP contribution in [0.2, 0.25) is 0 Å². The minimum absolute atomic E-state index is 0.101. The van der Waals surface area contributed by atoms with Gasteiger partial charge in [-0.1, -0.05) is 30.3 Å². The molecule has 0 bridgehead atoms. The van der Waals surface area contributed by atoms with Crippen LogP contribution in [0.15, 0.2) is 88.9 Å². The van der Waals surface area contributed by atoms with Gasteiger partial charge in [-0.3, -0.25) is 19.5 Å². The molecule has 1 atom stereocenters. The summed E-state index contributed by atoms with van der Waals surface area (Å²) in [7, 11) is 1.30. The van der Waals surface area contributed by atoms with E-state index >= 15 is 0 Å². The number of anilines is 4. The summed E-state index contributed by atoms with van der Waals surface area (Å²) in [4.78, 5) is 66.5. The van der Waals surface area contributed by atoms with Gasteiger partial charge < -0.3 is 30.6 Å². The van der Waals surface area contributed by atoms with Crippen molar-refractivity contribution in [1.82, 2.24) is 34.7 Å². The number of fused-ring (bicyclic) bond motifs is 1. The number of aromatic nitrogens is 5. The maximum absolute atomic E-state index is 13.8. The van der Waals surface area contributed by atoms with Crippen LogP contribution in [0.3, 0.4) is 0 Å². The van der Waals surface area contributed by atoms with E-state index < -0.39 is 17.6 Å². The number of carbonyl (C=O) groups is 2. The number of halogens is 1. The number of carbonyl (C=O) groups excluding carboxylic acids is 2. The van der Waals surface area contributed by atoms with Crippen molar-refractivity contribution in [3.8, 4) is 6.07 Å². The molecule has 1 saturated heterocycles. The second kappa shape index (κ2) is 17.0. The molecule has 284 valence electrons. The Bertz CT molecular complexity index is 2370. The summed E-state index contributed by atoms with van der Waals surface area (Å²) in [5, 5.41) is 18.8. The molecule has 5 aromatic rings. The highest BCUT2D eigenvalue weighted by Crippen LogP contribution is 2.27. The number of benzene rings is 3. The molecule has 0 aliphatic carbocycles. The number of aromatic amines is 1. The van der Waals surface area contributed by atoms with Crippen LogP contribution in [0, 0.1) is 17.1 Å². The summed E-state index contributed by atoms with van der Waals surface area (Å²) in [6.07, 6.45) is 3.56. The van der Waals surface area contributed by atoms with Crippen LogP contribution in [-0.2, 0) is 28.9 Å². The Balaban J connectivity index is 1.06. The fourth-order valence-electron chi connectivity index (χ4n) is 6.42. The fourth-order valence-corrected chi connectivity index (χ4v) is 6.42. The van der Waals surface area contributed by atoms with Gasteiger partial charge in [0.05, 0.1) is 31.0 Å². The number of methoxy groups -OCH3 is 1. The van der Waals surface area contributed by atoms with Crippen molar-refractivity contribution in [2.24, 2.45) is 4.99 Å². The molecule has 0 radical (unpaired) electrons. The van der Waals surface area contributed by atoms with Gasteiger partial charge in [0.2, 0.25) is 17.8 Å². The number of hydrogen-bond donors (Lipinski definition) is 4. The van der Waals surface area contributed by atoms with E-state index in [2.05, 4.69) is 56.8 Å². The lowest BCUT2D eigenvalue weighted by atomic mass is 10.0. The Morgan fingerprint density at radius 3 is 2.54 bits per heavy atom. The molecule has 3 aromatic carbocycles. The monoisotopic (exact) mass is 756 g/mol. The zero-order chi connectivity index (χ0) is 39.0. The Hall–Kier alpha value is -7.06. The maximum atomic E-state index is 13.8. The van der Waals surface area contributed by atoms with Gasteiger partial charge in [0.1, 0.15) is 11.9 Å². The highest BCUT2D eigenvalue weighted by molar-refractivity contribution is 5.96. The minimum Gasteiger partial charge on any atom is -0.467 e.